The Labute approximate surface area is 96.0 Å². The van der Waals surface area contributed by atoms with Crippen LogP contribution in [-0.2, 0) is 4.79 Å². The summed E-state index contributed by atoms with van der Waals surface area (Å²) >= 11 is 0. The Morgan fingerprint density at radius 1 is 1.50 bits per heavy atom. The van der Waals surface area contributed by atoms with Crippen LogP contribution in [0.4, 0.5) is 5.82 Å². The molecule has 16 heavy (non-hydrogen) atoms. The van der Waals surface area contributed by atoms with Gasteiger partial charge in [-0.05, 0) is 18.1 Å². The summed E-state index contributed by atoms with van der Waals surface area (Å²) in [5.41, 5.74) is 0. The summed E-state index contributed by atoms with van der Waals surface area (Å²) in [6.07, 6.45) is 2.07. The van der Waals surface area contributed by atoms with Crippen molar-refractivity contribution in [3.8, 4) is 5.75 Å². The molecule has 1 rings (SSSR count). The number of pyridine rings is 1. The fourth-order valence-corrected chi connectivity index (χ4v) is 1.03. The van der Waals surface area contributed by atoms with Crippen molar-refractivity contribution >= 4 is 11.7 Å². The molecule has 1 amide bonds. The van der Waals surface area contributed by atoms with E-state index in [4.69, 9.17) is 4.74 Å². The summed E-state index contributed by atoms with van der Waals surface area (Å²) < 4.78 is 5.48. The molecule has 0 radical (unpaired) electrons. The molecule has 0 bridgehead atoms. The number of ether oxygens (including phenoxy) is 1. The lowest BCUT2D eigenvalue weighted by atomic mass is 10.2. The Hall–Kier alpha value is -1.58. The van der Waals surface area contributed by atoms with Crippen LogP contribution in [0.1, 0.15) is 27.2 Å². The van der Waals surface area contributed by atoms with Crippen molar-refractivity contribution in [2.75, 3.05) is 11.9 Å². The second kappa shape index (κ2) is 6.10. The molecule has 0 aliphatic carbocycles. The molecule has 1 heterocycles. The zero-order chi connectivity index (χ0) is 12.0. The molecule has 0 saturated heterocycles. The first-order valence-electron chi connectivity index (χ1n) is 5.50. The van der Waals surface area contributed by atoms with Crippen LogP contribution in [0, 0.1) is 5.92 Å². The third-order valence-corrected chi connectivity index (χ3v) is 1.91. The molecule has 0 unspecified atom stereocenters. The van der Waals surface area contributed by atoms with Gasteiger partial charge >= 0.3 is 0 Å². The van der Waals surface area contributed by atoms with Crippen LogP contribution in [0.15, 0.2) is 18.3 Å². The average molecular weight is 222 g/mol. The van der Waals surface area contributed by atoms with Crippen LogP contribution in [0.5, 0.6) is 5.75 Å². The summed E-state index contributed by atoms with van der Waals surface area (Å²) in [7, 11) is 0. The smallest absolute Gasteiger partial charge is 0.225 e. The van der Waals surface area contributed by atoms with Crippen molar-refractivity contribution in [2.24, 2.45) is 5.92 Å². The highest BCUT2D eigenvalue weighted by atomic mass is 16.5. The van der Waals surface area contributed by atoms with E-state index in [9.17, 15) is 4.79 Å². The second-order valence-corrected chi connectivity index (χ2v) is 3.99. The Morgan fingerprint density at radius 2 is 2.25 bits per heavy atom. The van der Waals surface area contributed by atoms with Gasteiger partial charge in [-0.15, -0.1) is 0 Å². The molecule has 4 nitrogen and oxygen atoms in total. The number of hydrogen-bond acceptors (Lipinski definition) is 3. The monoisotopic (exact) mass is 222 g/mol. The average Bonchev–Trinajstić information content (AvgIpc) is 2.28. The number of carbonyl (C=O) groups excluding carboxylic acids is 1. The molecule has 0 aliphatic rings. The van der Waals surface area contributed by atoms with E-state index in [1.807, 2.05) is 0 Å². The molecule has 0 spiro atoms. The van der Waals surface area contributed by atoms with Crippen molar-refractivity contribution in [1.82, 2.24) is 4.98 Å². The molecule has 1 aromatic heterocycles. The van der Waals surface area contributed by atoms with Gasteiger partial charge < -0.3 is 10.1 Å². The minimum Gasteiger partial charge on any atom is -0.492 e. The van der Waals surface area contributed by atoms with E-state index in [1.54, 1.807) is 25.3 Å². The molecule has 0 saturated carbocycles. The van der Waals surface area contributed by atoms with Crippen LogP contribution in [0.3, 0.4) is 0 Å². The van der Waals surface area contributed by atoms with Gasteiger partial charge in [-0.2, -0.15) is 0 Å². The molecule has 0 aromatic carbocycles. The first-order valence-corrected chi connectivity index (χ1v) is 5.50. The van der Waals surface area contributed by atoms with Gasteiger partial charge in [0.05, 0.1) is 12.8 Å². The quantitative estimate of drug-likeness (QED) is 0.832. The third kappa shape index (κ3) is 4.29. The van der Waals surface area contributed by atoms with Crippen molar-refractivity contribution in [1.29, 1.82) is 0 Å². The molecule has 0 fully saturated rings. The fourth-order valence-electron chi connectivity index (χ4n) is 1.03. The van der Waals surface area contributed by atoms with Crippen LogP contribution in [0.25, 0.3) is 0 Å². The molecule has 1 aromatic rings. The lowest BCUT2D eigenvalue weighted by molar-refractivity contribution is -0.115. The van der Waals surface area contributed by atoms with Gasteiger partial charge in [-0.25, -0.2) is 4.98 Å². The largest absolute Gasteiger partial charge is 0.492 e. The number of amides is 1. The third-order valence-electron chi connectivity index (χ3n) is 1.91. The summed E-state index contributed by atoms with van der Waals surface area (Å²) in [6, 6.07) is 3.55. The van der Waals surface area contributed by atoms with Crippen molar-refractivity contribution in [3.63, 3.8) is 0 Å². The van der Waals surface area contributed by atoms with E-state index in [-0.39, 0.29) is 5.91 Å². The molecule has 0 atom stereocenters. The Kier molecular flexibility index (Phi) is 4.76. The Balaban J connectivity index is 2.51. The SMILES string of the molecule is CCC(=O)Nc1ccc(OCC(C)C)cn1. The van der Waals surface area contributed by atoms with Gasteiger partial charge in [-0.3, -0.25) is 4.79 Å². The number of carbonyl (C=O) groups is 1. The van der Waals surface area contributed by atoms with Crippen LogP contribution in [0.2, 0.25) is 0 Å². The lowest BCUT2D eigenvalue weighted by Crippen LogP contribution is -2.10. The van der Waals surface area contributed by atoms with E-state index < -0.39 is 0 Å². The van der Waals surface area contributed by atoms with Crippen LogP contribution in [-0.4, -0.2) is 17.5 Å². The molecule has 4 heteroatoms. The van der Waals surface area contributed by atoms with Crippen molar-refractivity contribution in [2.45, 2.75) is 27.2 Å². The lowest BCUT2D eigenvalue weighted by Gasteiger charge is -2.08. The van der Waals surface area contributed by atoms with Crippen LogP contribution < -0.4 is 10.1 Å². The highest BCUT2D eigenvalue weighted by Crippen LogP contribution is 2.13. The van der Waals surface area contributed by atoms with E-state index in [0.717, 1.165) is 5.75 Å². The van der Waals surface area contributed by atoms with Gasteiger partial charge in [0.2, 0.25) is 5.91 Å². The molecule has 0 aliphatic heterocycles. The van der Waals surface area contributed by atoms with E-state index in [0.29, 0.717) is 24.8 Å². The summed E-state index contributed by atoms with van der Waals surface area (Å²) in [4.78, 5) is 15.2. The number of rotatable bonds is 5. The van der Waals surface area contributed by atoms with Crippen molar-refractivity contribution in [3.05, 3.63) is 18.3 Å². The minimum atomic E-state index is -0.0386. The predicted octanol–water partition coefficient (Wildman–Crippen LogP) is 2.46. The normalized spacial score (nSPS) is 10.2. The molecular formula is C12H18N2O2. The predicted molar refractivity (Wildman–Crippen MR) is 63.5 cm³/mol. The standard InChI is InChI=1S/C12H18N2O2/c1-4-12(15)14-11-6-5-10(7-13-11)16-8-9(2)3/h5-7,9H,4,8H2,1-3H3,(H,13,14,15). The number of aromatic nitrogens is 1. The van der Waals surface area contributed by atoms with Gasteiger partial charge in [0.15, 0.2) is 0 Å². The van der Waals surface area contributed by atoms with Gasteiger partial charge in [-0.1, -0.05) is 20.8 Å². The van der Waals surface area contributed by atoms with E-state index >= 15 is 0 Å². The zero-order valence-corrected chi connectivity index (χ0v) is 9.99. The minimum absolute atomic E-state index is 0.0386. The number of hydrogen-bond donors (Lipinski definition) is 1. The Morgan fingerprint density at radius 3 is 2.75 bits per heavy atom. The first-order chi connectivity index (χ1) is 7.61. The topological polar surface area (TPSA) is 51.2 Å². The van der Waals surface area contributed by atoms with Gasteiger partial charge in [0, 0.05) is 6.42 Å². The number of nitrogens with zero attached hydrogens (tertiary/aromatic N) is 1. The maximum Gasteiger partial charge on any atom is 0.225 e. The van der Waals surface area contributed by atoms with E-state index in [1.165, 1.54) is 0 Å². The zero-order valence-electron chi connectivity index (χ0n) is 9.99. The van der Waals surface area contributed by atoms with Gasteiger partial charge in [0.25, 0.3) is 0 Å². The molecule has 88 valence electrons. The highest BCUT2D eigenvalue weighted by Gasteiger charge is 2.01. The maximum atomic E-state index is 11.1. The van der Waals surface area contributed by atoms with E-state index in [2.05, 4.69) is 24.1 Å². The second-order valence-electron chi connectivity index (χ2n) is 3.99. The fraction of sp³-hybridized carbons (Fsp3) is 0.500. The number of anilines is 1. The van der Waals surface area contributed by atoms with Crippen LogP contribution >= 0.6 is 0 Å². The van der Waals surface area contributed by atoms with Crippen molar-refractivity contribution < 1.29 is 9.53 Å². The summed E-state index contributed by atoms with van der Waals surface area (Å²) in [5, 5.41) is 2.68. The molecule has 1 N–H and O–H groups in total. The molecular weight excluding hydrogens is 204 g/mol. The first kappa shape index (κ1) is 12.5. The summed E-state index contributed by atoms with van der Waals surface area (Å²) in [6.45, 7) is 6.64. The van der Waals surface area contributed by atoms with Gasteiger partial charge in [0.1, 0.15) is 11.6 Å². The summed E-state index contributed by atoms with van der Waals surface area (Å²) in [5.74, 6) is 1.73. The highest BCUT2D eigenvalue weighted by molar-refractivity contribution is 5.89. The number of nitrogens with one attached hydrogen (secondary N) is 1. The maximum absolute atomic E-state index is 11.1. The Bertz CT molecular complexity index is 333.